The van der Waals surface area contributed by atoms with Gasteiger partial charge >= 0.3 is 6.18 Å². The van der Waals surface area contributed by atoms with Crippen LogP contribution in [0.4, 0.5) is 17.6 Å². The molecule has 2 N–H and O–H groups in total. The molecule has 2 rings (SSSR count). The lowest BCUT2D eigenvalue weighted by molar-refractivity contribution is -0.137. The van der Waals surface area contributed by atoms with Gasteiger partial charge in [-0.05, 0) is 42.5 Å². The molecule has 0 radical (unpaired) electrons. The van der Waals surface area contributed by atoms with Gasteiger partial charge in [-0.2, -0.15) is 13.2 Å². The molecule has 0 heterocycles. The average molecular weight is 312 g/mol. The van der Waals surface area contributed by atoms with E-state index in [1.54, 1.807) is 0 Å². The molecule has 1 aliphatic carbocycles. The Kier molecular flexibility index (Phi) is 5.83. The van der Waals surface area contributed by atoms with E-state index in [0.29, 0.717) is 6.07 Å². The minimum absolute atomic E-state index is 0. The molecule has 1 fully saturated rings. The molecule has 0 unspecified atom stereocenters. The van der Waals surface area contributed by atoms with E-state index in [9.17, 15) is 17.6 Å². The van der Waals surface area contributed by atoms with Gasteiger partial charge in [0.05, 0.1) is 5.56 Å². The van der Waals surface area contributed by atoms with Gasteiger partial charge in [-0.25, -0.2) is 4.39 Å². The van der Waals surface area contributed by atoms with E-state index in [1.807, 2.05) is 0 Å². The standard InChI is InChI=1S/C14H17F4N.ClH/c15-12-7-10(6-11(8-12)14(16,17)18)13(19)9-4-2-1-3-5-9;/h6-9,13H,1-5,19H2;1H/t13-;/m1./s1. The first-order valence-corrected chi connectivity index (χ1v) is 6.51. The van der Waals surface area contributed by atoms with E-state index in [1.165, 1.54) is 0 Å². The van der Waals surface area contributed by atoms with Crippen LogP contribution >= 0.6 is 12.4 Å². The molecule has 0 spiro atoms. The van der Waals surface area contributed by atoms with Gasteiger partial charge in [0, 0.05) is 6.04 Å². The van der Waals surface area contributed by atoms with Crippen LogP contribution in [0.1, 0.15) is 49.3 Å². The minimum Gasteiger partial charge on any atom is -0.324 e. The first-order chi connectivity index (χ1) is 8.88. The van der Waals surface area contributed by atoms with Crippen LogP contribution in [0.5, 0.6) is 0 Å². The summed E-state index contributed by atoms with van der Waals surface area (Å²) in [5.74, 6) is -0.729. The molecule has 1 aromatic carbocycles. The summed E-state index contributed by atoms with van der Waals surface area (Å²) in [7, 11) is 0. The Morgan fingerprint density at radius 2 is 1.65 bits per heavy atom. The molecule has 114 valence electrons. The fourth-order valence-electron chi connectivity index (χ4n) is 2.73. The molecule has 0 amide bonds. The highest BCUT2D eigenvalue weighted by atomic mass is 35.5. The number of hydrogen-bond donors (Lipinski definition) is 1. The van der Waals surface area contributed by atoms with Crippen LogP contribution in [-0.2, 0) is 6.18 Å². The van der Waals surface area contributed by atoms with Crippen molar-refractivity contribution in [1.82, 2.24) is 0 Å². The summed E-state index contributed by atoms with van der Waals surface area (Å²) >= 11 is 0. The molecule has 0 aliphatic heterocycles. The molecule has 1 aromatic rings. The summed E-state index contributed by atoms with van der Waals surface area (Å²) in [6, 6.07) is 2.09. The van der Waals surface area contributed by atoms with Crippen molar-refractivity contribution < 1.29 is 17.6 Å². The Bertz CT molecular complexity index is 441. The van der Waals surface area contributed by atoms with Crippen molar-refractivity contribution in [2.45, 2.75) is 44.3 Å². The van der Waals surface area contributed by atoms with Crippen molar-refractivity contribution in [1.29, 1.82) is 0 Å². The lowest BCUT2D eigenvalue weighted by Crippen LogP contribution is -2.24. The monoisotopic (exact) mass is 311 g/mol. The fraction of sp³-hybridized carbons (Fsp3) is 0.571. The van der Waals surface area contributed by atoms with Gasteiger partial charge in [0.1, 0.15) is 5.82 Å². The largest absolute Gasteiger partial charge is 0.416 e. The predicted octanol–water partition coefficient (Wildman–Crippen LogP) is 4.85. The molecule has 6 heteroatoms. The molecule has 0 bridgehead atoms. The van der Waals surface area contributed by atoms with Gasteiger partial charge in [-0.15, -0.1) is 12.4 Å². The van der Waals surface area contributed by atoms with Gasteiger partial charge in [-0.3, -0.25) is 0 Å². The smallest absolute Gasteiger partial charge is 0.324 e. The van der Waals surface area contributed by atoms with E-state index in [-0.39, 0.29) is 23.9 Å². The highest BCUT2D eigenvalue weighted by Crippen LogP contribution is 2.36. The summed E-state index contributed by atoms with van der Waals surface area (Å²) in [5.41, 5.74) is 5.30. The summed E-state index contributed by atoms with van der Waals surface area (Å²) in [6.45, 7) is 0. The zero-order valence-electron chi connectivity index (χ0n) is 10.9. The van der Waals surface area contributed by atoms with E-state index in [4.69, 9.17) is 5.73 Å². The molecule has 1 saturated carbocycles. The molecule has 1 nitrogen and oxygen atoms in total. The molecule has 1 atom stereocenters. The zero-order valence-corrected chi connectivity index (χ0v) is 11.7. The van der Waals surface area contributed by atoms with Crippen LogP contribution in [0.15, 0.2) is 18.2 Å². The molecular weight excluding hydrogens is 294 g/mol. The second-order valence-electron chi connectivity index (χ2n) is 5.19. The SMILES string of the molecule is Cl.N[C@@H](c1cc(F)cc(C(F)(F)F)c1)C1CCCCC1. The normalized spacial score (nSPS) is 18.4. The average Bonchev–Trinajstić information content (AvgIpc) is 2.37. The third-order valence-electron chi connectivity index (χ3n) is 3.79. The van der Waals surface area contributed by atoms with Gasteiger partial charge in [0.2, 0.25) is 0 Å². The minimum atomic E-state index is -4.54. The van der Waals surface area contributed by atoms with Gasteiger partial charge in [0.15, 0.2) is 0 Å². The Labute approximate surface area is 122 Å². The van der Waals surface area contributed by atoms with E-state index < -0.39 is 23.6 Å². The van der Waals surface area contributed by atoms with E-state index in [2.05, 4.69) is 0 Å². The highest BCUT2D eigenvalue weighted by Gasteiger charge is 2.32. The predicted molar refractivity (Wildman–Crippen MR) is 72.2 cm³/mol. The second-order valence-corrected chi connectivity index (χ2v) is 5.19. The quantitative estimate of drug-likeness (QED) is 0.777. The van der Waals surface area contributed by atoms with Crippen molar-refractivity contribution in [2.24, 2.45) is 11.7 Å². The number of halogens is 5. The number of hydrogen-bond acceptors (Lipinski definition) is 1. The summed E-state index contributed by atoms with van der Waals surface area (Å²) in [4.78, 5) is 0. The Hall–Kier alpha value is -0.810. The van der Waals surface area contributed by atoms with Gasteiger partial charge < -0.3 is 5.73 Å². The summed E-state index contributed by atoms with van der Waals surface area (Å²) in [5, 5.41) is 0. The lowest BCUT2D eigenvalue weighted by atomic mass is 9.81. The Balaban J connectivity index is 0.00000200. The van der Waals surface area contributed by atoms with Crippen LogP contribution in [0.2, 0.25) is 0 Å². The molecule has 1 aliphatic rings. The Morgan fingerprint density at radius 1 is 1.05 bits per heavy atom. The van der Waals surface area contributed by atoms with E-state index >= 15 is 0 Å². The molecular formula is C14H18ClF4N. The molecule has 20 heavy (non-hydrogen) atoms. The van der Waals surface area contributed by atoms with Crippen LogP contribution in [0.3, 0.4) is 0 Å². The summed E-state index contributed by atoms with van der Waals surface area (Å²) in [6.07, 6.45) is 0.487. The van der Waals surface area contributed by atoms with Gasteiger partial charge in [-0.1, -0.05) is 19.3 Å². The Morgan fingerprint density at radius 3 is 2.20 bits per heavy atom. The second kappa shape index (κ2) is 6.76. The number of nitrogens with two attached hydrogens (primary N) is 1. The van der Waals surface area contributed by atoms with Crippen molar-refractivity contribution in [3.05, 3.63) is 35.1 Å². The number of alkyl halides is 3. The zero-order chi connectivity index (χ0) is 14.0. The highest BCUT2D eigenvalue weighted by molar-refractivity contribution is 5.85. The van der Waals surface area contributed by atoms with Crippen molar-refractivity contribution >= 4 is 12.4 Å². The van der Waals surface area contributed by atoms with Crippen LogP contribution < -0.4 is 5.73 Å². The first-order valence-electron chi connectivity index (χ1n) is 6.51. The maximum atomic E-state index is 13.3. The van der Waals surface area contributed by atoms with Crippen molar-refractivity contribution in [3.63, 3.8) is 0 Å². The number of rotatable bonds is 2. The van der Waals surface area contributed by atoms with Crippen LogP contribution in [0.25, 0.3) is 0 Å². The van der Waals surface area contributed by atoms with Crippen LogP contribution in [-0.4, -0.2) is 0 Å². The maximum Gasteiger partial charge on any atom is 0.416 e. The molecule has 0 aromatic heterocycles. The molecule has 0 saturated heterocycles. The topological polar surface area (TPSA) is 26.0 Å². The summed E-state index contributed by atoms with van der Waals surface area (Å²) < 4.78 is 51.3. The maximum absolute atomic E-state index is 13.3. The van der Waals surface area contributed by atoms with Gasteiger partial charge in [0.25, 0.3) is 0 Å². The third-order valence-corrected chi connectivity index (χ3v) is 3.79. The van der Waals surface area contributed by atoms with Crippen molar-refractivity contribution in [3.8, 4) is 0 Å². The lowest BCUT2D eigenvalue weighted by Gasteiger charge is -2.28. The third kappa shape index (κ3) is 4.09. The first kappa shape index (κ1) is 17.2. The van der Waals surface area contributed by atoms with E-state index in [0.717, 1.165) is 44.2 Å². The van der Waals surface area contributed by atoms with Crippen molar-refractivity contribution in [2.75, 3.05) is 0 Å². The fourth-order valence-corrected chi connectivity index (χ4v) is 2.73. The number of benzene rings is 1. The van der Waals surface area contributed by atoms with Crippen LogP contribution in [0, 0.1) is 11.7 Å².